The molecule has 14 heavy (non-hydrogen) atoms. The molecule has 2 aliphatic heterocycles. The highest BCUT2D eigenvalue weighted by molar-refractivity contribution is 5.60. The van der Waals surface area contributed by atoms with Crippen LogP contribution in [0.3, 0.4) is 0 Å². The van der Waals surface area contributed by atoms with Crippen LogP contribution in [0.15, 0.2) is 30.3 Å². The molecule has 0 saturated carbocycles. The van der Waals surface area contributed by atoms with Crippen molar-refractivity contribution in [2.45, 2.75) is 5.97 Å². The largest absolute Gasteiger partial charge is 0.435 e. The summed E-state index contributed by atoms with van der Waals surface area (Å²) >= 11 is 0. The van der Waals surface area contributed by atoms with Gasteiger partial charge in [-0.1, -0.05) is 18.2 Å². The van der Waals surface area contributed by atoms with Crippen LogP contribution in [0.2, 0.25) is 0 Å². The van der Waals surface area contributed by atoms with E-state index in [4.69, 9.17) is 14.2 Å². The fourth-order valence-corrected chi connectivity index (χ4v) is 1.65. The molecule has 1 saturated heterocycles. The smallest absolute Gasteiger partial charge is 0.349 e. The molecule has 1 spiro atoms. The van der Waals surface area contributed by atoms with Crippen LogP contribution >= 0.6 is 0 Å². The first-order valence-corrected chi connectivity index (χ1v) is 4.63. The minimum Gasteiger partial charge on any atom is -0.435 e. The maximum absolute atomic E-state index is 5.65. The number of ether oxygens (including phenoxy) is 3. The van der Waals surface area contributed by atoms with Gasteiger partial charge in [0.15, 0.2) is 0 Å². The number of para-hydroxylation sites is 1. The van der Waals surface area contributed by atoms with E-state index in [1.807, 2.05) is 36.4 Å². The van der Waals surface area contributed by atoms with Gasteiger partial charge in [-0.2, -0.15) is 0 Å². The average Bonchev–Trinajstić information content (AvgIpc) is 2.66. The zero-order chi connectivity index (χ0) is 9.43. The quantitative estimate of drug-likeness (QED) is 0.624. The molecular formula is C11H10O3. The van der Waals surface area contributed by atoms with Crippen molar-refractivity contribution in [3.63, 3.8) is 0 Å². The van der Waals surface area contributed by atoms with Crippen molar-refractivity contribution in [2.75, 3.05) is 13.2 Å². The second-order valence-corrected chi connectivity index (χ2v) is 3.27. The Morgan fingerprint density at radius 1 is 1.07 bits per heavy atom. The molecule has 0 radical (unpaired) electrons. The molecular weight excluding hydrogens is 180 g/mol. The van der Waals surface area contributed by atoms with Gasteiger partial charge < -0.3 is 14.2 Å². The summed E-state index contributed by atoms with van der Waals surface area (Å²) < 4.78 is 16.5. The maximum Gasteiger partial charge on any atom is 0.349 e. The SMILES string of the molecule is C1=CC2(OCCO2)Oc2ccccc21. The lowest BCUT2D eigenvalue weighted by Gasteiger charge is -2.28. The number of hydrogen-bond donors (Lipinski definition) is 0. The summed E-state index contributed by atoms with van der Waals surface area (Å²) in [6.07, 6.45) is 3.77. The van der Waals surface area contributed by atoms with Crippen LogP contribution in [0.25, 0.3) is 6.08 Å². The van der Waals surface area contributed by atoms with Crippen molar-refractivity contribution in [2.24, 2.45) is 0 Å². The maximum atomic E-state index is 5.65. The Morgan fingerprint density at radius 2 is 1.86 bits per heavy atom. The fourth-order valence-electron chi connectivity index (χ4n) is 1.65. The van der Waals surface area contributed by atoms with Crippen molar-refractivity contribution in [1.82, 2.24) is 0 Å². The van der Waals surface area contributed by atoms with Crippen LogP contribution in [0.5, 0.6) is 5.75 Å². The van der Waals surface area contributed by atoms with Gasteiger partial charge in [-0.25, -0.2) is 0 Å². The van der Waals surface area contributed by atoms with Crippen molar-refractivity contribution >= 4 is 6.08 Å². The fraction of sp³-hybridized carbons (Fsp3) is 0.273. The lowest BCUT2D eigenvalue weighted by molar-refractivity contribution is -0.249. The first-order valence-electron chi connectivity index (χ1n) is 4.63. The van der Waals surface area contributed by atoms with E-state index in [0.717, 1.165) is 11.3 Å². The molecule has 3 heteroatoms. The summed E-state index contributed by atoms with van der Waals surface area (Å²) in [7, 11) is 0. The normalized spacial score (nSPS) is 22.0. The van der Waals surface area contributed by atoms with Crippen LogP contribution in [0, 0.1) is 0 Å². The summed E-state index contributed by atoms with van der Waals surface area (Å²) in [4.78, 5) is 0. The second-order valence-electron chi connectivity index (χ2n) is 3.27. The molecule has 3 rings (SSSR count). The van der Waals surface area contributed by atoms with E-state index in [0.29, 0.717) is 13.2 Å². The van der Waals surface area contributed by atoms with Crippen LogP contribution in [-0.4, -0.2) is 19.2 Å². The first-order chi connectivity index (χ1) is 6.88. The number of benzene rings is 1. The van der Waals surface area contributed by atoms with Gasteiger partial charge in [-0.05, 0) is 12.1 Å². The van der Waals surface area contributed by atoms with E-state index in [9.17, 15) is 0 Å². The minimum atomic E-state index is -0.964. The number of rotatable bonds is 0. The lowest BCUT2D eigenvalue weighted by atomic mass is 10.1. The third-order valence-electron chi connectivity index (χ3n) is 2.33. The van der Waals surface area contributed by atoms with E-state index in [2.05, 4.69) is 0 Å². The van der Waals surface area contributed by atoms with Gasteiger partial charge in [0.05, 0.1) is 13.2 Å². The molecule has 2 aliphatic rings. The Balaban J connectivity index is 2.00. The molecule has 0 aromatic heterocycles. The average molecular weight is 190 g/mol. The highest BCUT2D eigenvalue weighted by Crippen LogP contribution is 2.33. The molecule has 0 N–H and O–H groups in total. The molecule has 2 heterocycles. The first kappa shape index (κ1) is 8.03. The van der Waals surface area contributed by atoms with E-state index in [-0.39, 0.29) is 0 Å². The zero-order valence-corrected chi connectivity index (χ0v) is 7.60. The van der Waals surface area contributed by atoms with Gasteiger partial charge in [-0.3, -0.25) is 0 Å². The van der Waals surface area contributed by atoms with Gasteiger partial charge in [0.25, 0.3) is 0 Å². The Bertz CT molecular complexity index is 378. The van der Waals surface area contributed by atoms with E-state index in [1.165, 1.54) is 0 Å². The van der Waals surface area contributed by atoms with Crippen molar-refractivity contribution in [3.05, 3.63) is 35.9 Å². The van der Waals surface area contributed by atoms with E-state index < -0.39 is 5.97 Å². The summed E-state index contributed by atoms with van der Waals surface area (Å²) in [5.41, 5.74) is 1.05. The molecule has 0 unspecified atom stereocenters. The van der Waals surface area contributed by atoms with Crippen LogP contribution < -0.4 is 4.74 Å². The monoisotopic (exact) mass is 190 g/mol. The molecule has 1 aromatic carbocycles. The standard InChI is InChI=1S/C11H10O3/c1-2-4-10-9(3-1)5-6-11(14-10)12-7-8-13-11/h1-6H,7-8H2. The van der Waals surface area contributed by atoms with Gasteiger partial charge in [-0.15, -0.1) is 0 Å². The molecule has 0 aliphatic carbocycles. The molecule has 72 valence electrons. The van der Waals surface area contributed by atoms with Crippen LogP contribution in [0.1, 0.15) is 5.56 Å². The van der Waals surface area contributed by atoms with E-state index >= 15 is 0 Å². The van der Waals surface area contributed by atoms with Crippen molar-refractivity contribution in [3.8, 4) is 5.75 Å². The summed E-state index contributed by atoms with van der Waals surface area (Å²) in [5, 5.41) is 0. The third-order valence-corrected chi connectivity index (χ3v) is 2.33. The van der Waals surface area contributed by atoms with Gasteiger partial charge >= 0.3 is 5.97 Å². The lowest BCUT2D eigenvalue weighted by Crippen LogP contribution is -2.36. The Morgan fingerprint density at radius 3 is 2.71 bits per heavy atom. The highest BCUT2D eigenvalue weighted by Gasteiger charge is 2.39. The summed E-state index contributed by atoms with van der Waals surface area (Å²) in [5.74, 6) is -0.161. The Kier molecular flexibility index (Phi) is 1.63. The van der Waals surface area contributed by atoms with Crippen LogP contribution in [-0.2, 0) is 9.47 Å². The molecule has 0 bridgehead atoms. The Labute approximate surface area is 81.9 Å². The van der Waals surface area contributed by atoms with Crippen molar-refractivity contribution in [1.29, 1.82) is 0 Å². The second kappa shape index (κ2) is 2.83. The predicted octanol–water partition coefficient (Wildman–Crippen LogP) is 1.79. The topological polar surface area (TPSA) is 27.7 Å². The zero-order valence-electron chi connectivity index (χ0n) is 7.60. The predicted molar refractivity (Wildman–Crippen MR) is 50.7 cm³/mol. The minimum absolute atomic E-state index is 0.576. The molecule has 1 fully saturated rings. The van der Waals surface area contributed by atoms with Crippen molar-refractivity contribution < 1.29 is 14.2 Å². The van der Waals surface area contributed by atoms with Gasteiger partial charge in [0.1, 0.15) is 5.75 Å². The molecule has 1 aromatic rings. The molecule has 3 nitrogen and oxygen atoms in total. The van der Waals surface area contributed by atoms with Crippen LogP contribution in [0.4, 0.5) is 0 Å². The van der Waals surface area contributed by atoms with E-state index in [1.54, 1.807) is 0 Å². The number of fused-ring (bicyclic) bond motifs is 1. The third kappa shape index (κ3) is 1.14. The Hall–Kier alpha value is -1.32. The summed E-state index contributed by atoms with van der Waals surface area (Å²) in [6, 6.07) is 7.81. The molecule has 0 atom stereocenters. The molecule has 0 amide bonds. The highest BCUT2D eigenvalue weighted by atomic mass is 16.9. The summed E-state index contributed by atoms with van der Waals surface area (Å²) in [6.45, 7) is 1.15. The number of hydrogen-bond acceptors (Lipinski definition) is 3. The van der Waals surface area contributed by atoms with Gasteiger partial charge in [0.2, 0.25) is 0 Å². The van der Waals surface area contributed by atoms with Gasteiger partial charge in [0, 0.05) is 11.6 Å².